The molecule has 2 N–H and O–H groups in total. The maximum atomic E-state index is 10.4. The summed E-state index contributed by atoms with van der Waals surface area (Å²) in [6.45, 7) is 0.510. The molecule has 0 aliphatic heterocycles. The molecule has 0 heterocycles. The molecule has 0 spiro atoms. The van der Waals surface area contributed by atoms with E-state index in [0.29, 0.717) is 16.6 Å². The van der Waals surface area contributed by atoms with Gasteiger partial charge in [-0.15, -0.1) is 0 Å². The molecule has 94 valence electrons. The first kappa shape index (κ1) is 13.0. The standard InChI is InChI=1S/C13H17Cl2NO/c14-10-5-4-6-11(15)12(10)16-9-13(17)7-2-1-3-8-13/h4-6,16-17H,1-3,7-9H2. The number of para-hydroxylation sites is 1. The van der Waals surface area contributed by atoms with Crippen LogP contribution < -0.4 is 5.32 Å². The summed E-state index contributed by atoms with van der Waals surface area (Å²) in [4.78, 5) is 0. The van der Waals surface area contributed by atoms with Crippen LogP contribution in [0.25, 0.3) is 0 Å². The first-order valence-corrected chi connectivity index (χ1v) is 6.77. The van der Waals surface area contributed by atoms with E-state index in [1.54, 1.807) is 12.1 Å². The molecule has 0 amide bonds. The number of nitrogens with one attached hydrogen (secondary N) is 1. The largest absolute Gasteiger partial charge is 0.388 e. The monoisotopic (exact) mass is 273 g/mol. The van der Waals surface area contributed by atoms with Gasteiger partial charge in [-0.3, -0.25) is 0 Å². The highest BCUT2D eigenvalue weighted by molar-refractivity contribution is 6.39. The molecule has 1 saturated carbocycles. The first-order valence-electron chi connectivity index (χ1n) is 6.01. The van der Waals surface area contributed by atoms with Crippen LogP contribution in [0.1, 0.15) is 32.1 Å². The molecule has 0 aromatic heterocycles. The Morgan fingerprint density at radius 1 is 1.12 bits per heavy atom. The van der Waals surface area contributed by atoms with Crippen LogP contribution in [0.4, 0.5) is 5.69 Å². The Balaban J connectivity index is 2.02. The number of hydrogen-bond donors (Lipinski definition) is 2. The molecule has 1 aliphatic rings. The van der Waals surface area contributed by atoms with E-state index < -0.39 is 5.60 Å². The van der Waals surface area contributed by atoms with E-state index >= 15 is 0 Å². The lowest BCUT2D eigenvalue weighted by Crippen LogP contribution is -2.38. The normalized spacial score (nSPS) is 19.0. The molecule has 1 aromatic carbocycles. The third-order valence-corrected chi connectivity index (χ3v) is 3.97. The summed E-state index contributed by atoms with van der Waals surface area (Å²) in [5, 5.41) is 14.7. The van der Waals surface area contributed by atoms with E-state index in [9.17, 15) is 5.11 Å². The Kier molecular flexibility index (Phi) is 4.18. The van der Waals surface area contributed by atoms with E-state index in [4.69, 9.17) is 23.2 Å². The number of halogens is 2. The van der Waals surface area contributed by atoms with Crippen molar-refractivity contribution in [2.45, 2.75) is 37.7 Å². The summed E-state index contributed by atoms with van der Waals surface area (Å²) in [5.41, 5.74) is 0.107. The van der Waals surface area contributed by atoms with Crippen LogP contribution >= 0.6 is 23.2 Å². The van der Waals surface area contributed by atoms with Gasteiger partial charge in [-0.1, -0.05) is 48.5 Å². The Morgan fingerprint density at radius 3 is 2.29 bits per heavy atom. The zero-order chi connectivity index (χ0) is 12.3. The van der Waals surface area contributed by atoms with Crippen molar-refractivity contribution >= 4 is 28.9 Å². The fourth-order valence-electron chi connectivity index (χ4n) is 2.31. The van der Waals surface area contributed by atoms with Gasteiger partial charge in [-0.2, -0.15) is 0 Å². The van der Waals surface area contributed by atoms with E-state index in [0.717, 1.165) is 31.4 Å². The smallest absolute Gasteiger partial charge is 0.0819 e. The number of hydrogen-bond acceptors (Lipinski definition) is 2. The minimum Gasteiger partial charge on any atom is -0.388 e. The SMILES string of the molecule is OC1(CNc2c(Cl)cccc2Cl)CCCCC1. The van der Waals surface area contributed by atoms with Crippen molar-refractivity contribution < 1.29 is 5.11 Å². The van der Waals surface area contributed by atoms with Gasteiger partial charge >= 0.3 is 0 Å². The molecule has 0 atom stereocenters. The number of aliphatic hydroxyl groups is 1. The fraction of sp³-hybridized carbons (Fsp3) is 0.538. The van der Waals surface area contributed by atoms with E-state index in [2.05, 4.69) is 5.32 Å². The lowest BCUT2D eigenvalue weighted by atomic mass is 9.85. The summed E-state index contributed by atoms with van der Waals surface area (Å²) in [6, 6.07) is 5.40. The van der Waals surface area contributed by atoms with Gasteiger partial charge in [0.15, 0.2) is 0 Å². The van der Waals surface area contributed by atoms with Crippen molar-refractivity contribution in [2.24, 2.45) is 0 Å². The minimum atomic E-state index is -0.610. The molecule has 0 unspecified atom stereocenters. The van der Waals surface area contributed by atoms with Crippen molar-refractivity contribution in [1.82, 2.24) is 0 Å². The number of rotatable bonds is 3. The van der Waals surface area contributed by atoms with E-state index in [-0.39, 0.29) is 0 Å². The van der Waals surface area contributed by atoms with Gasteiger partial charge < -0.3 is 10.4 Å². The Hall–Kier alpha value is -0.440. The molecule has 0 radical (unpaired) electrons. The van der Waals surface area contributed by atoms with Crippen LogP contribution in [-0.4, -0.2) is 17.3 Å². The van der Waals surface area contributed by atoms with E-state index in [1.165, 1.54) is 6.42 Å². The number of benzene rings is 1. The average Bonchev–Trinajstić information content (AvgIpc) is 2.29. The summed E-state index contributed by atoms with van der Waals surface area (Å²) in [5.74, 6) is 0. The highest BCUT2D eigenvalue weighted by Crippen LogP contribution is 2.32. The summed E-state index contributed by atoms with van der Waals surface area (Å²) >= 11 is 12.1. The molecule has 4 heteroatoms. The quantitative estimate of drug-likeness (QED) is 0.869. The predicted molar refractivity (Wildman–Crippen MR) is 73.0 cm³/mol. The molecule has 17 heavy (non-hydrogen) atoms. The molecule has 1 fully saturated rings. The lowest BCUT2D eigenvalue weighted by Gasteiger charge is -2.32. The van der Waals surface area contributed by atoms with Gasteiger partial charge in [0.1, 0.15) is 0 Å². The molecular formula is C13H17Cl2NO. The van der Waals surface area contributed by atoms with Crippen LogP contribution in [0, 0.1) is 0 Å². The third kappa shape index (κ3) is 3.27. The molecule has 1 aromatic rings. The maximum Gasteiger partial charge on any atom is 0.0819 e. The third-order valence-electron chi connectivity index (χ3n) is 3.34. The van der Waals surface area contributed by atoms with Gasteiger partial charge in [0.05, 0.1) is 21.3 Å². The van der Waals surface area contributed by atoms with Crippen molar-refractivity contribution in [1.29, 1.82) is 0 Å². The van der Waals surface area contributed by atoms with Crippen LogP contribution in [0.2, 0.25) is 10.0 Å². The lowest BCUT2D eigenvalue weighted by molar-refractivity contribution is 0.0167. The zero-order valence-electron chi connectivity index (χ0n) is 9.68. The summed E-state index contributed by atoms with van der Waals surface area (Å²) in [6.07, 6.45) is 5.10. The molecule has 1 aliphatic carbocycles. The fourth-order valence-corrected chi connectivity index (χ4v) is 2.84. The van der Waals surface area contributed by atoms with Gasteiger partial charge in [-0.05, 0) is 25.0 Å². The van der Waals surface area contributed by atoms with Crippen molar-refractivity contribution in [3.05, 3.63) is 28.2 Å². The first-order chi connectivity index (χ1) is 8.11. The van der Waals surface area contributed by atoms with Crippen LogP contribution in [0.3, 0.4) is 0 Å². The van der Waals surface area contributed by atoms with Crippen LogP contribution in [0.5, 0.6) is 0 Å². The van der Waals surface area contributed by atoms with Crippen molar-refractivity contribution in [2.75, 3.05) is 11.9 Å². The van der Waals surface area contributed by atoms with Crippen LogP contribution in [-0.2, 0) is 0 Å². The van der Waals surface area contributed by atoms with Crippen molar-refractivity contribution in [3.8, 4) is 0 Å². The molecular weight excluding hydrogens is 257 g/mol. The Labute approximate surface area is 112 Å². The van der Waals surface area contributed by atoms with Gasteiger partial charge in [0.25, 0.3) is 0 Å². The topological polar surface area (TPSA) is 32.3 Å². The summed E-state index contributed by atoms with van der Waals surface area (Å²) in [7, 11) is 0. The molecule has 0 saturated heterocycles. The average molecular weight is 274 g/mol. The van der Waals surface area contributed by atoms with Gasteiger partial charge in [-0.25, -0.2) is 0 Å². The van der Waals surface area contributed by atoms with Gasteiger partial charge in [0, 0.05) is 6.54 Å². The number of anilines is 1. The second-order valence-corrected chi connectivity index (χ2v) is 5.55. The van der Waals surface area contributed by atoms with Crippen molar-refractivity contribution in [3.63, 3.8) is 0 Å². The van der Waals surface area contributed by atoms with E-state index in [1.807, 2.05) is 6.07 Å². The summed E-state index contributed by atoms with van der Waals surface area (Å²) < 4.78 is 0. The molecule has 2 rings (SSSR count). The van der Waals surface area contributed by atoms with Gasteiger partial charge in [0.2, 0.25) is 0 Å². The second kappa shape index (κ2) is 5.47. The predicted octanol–water partition coefficient (Wildman–Crippen LogP) is 4.10. The maximum absolute atomic E-state index is 10.4. The molecule has 2 nitrogen and oxygen atoms in total. The Morgan fingerprint density at radius 2 is 1.71 bits per heavy atom. The van der Waals surface area contributed by atoms with Crippen LogP contribution in [0.15, 0.2) is 18.2 Å². The second-order valence-electron chi connectivity index (χ2n) is 4.74. The highest BCUT2D eigenvalue weighted by Gasteiger charge is 2.29. The zero-order valence-corrected chi connectivity index (χ0v) is 11.2. The minimum absolute atomic E-state index is 0.510. The Bertz CT molecular complexity index is 369. The molecule has 0 bridgehead atoms. The highest BCUT2D eigenvalue weighted by atomic mass is 35.5.